The summed E-state index contributed by atoms with van der Waals surface area (Å²) in [6, 6.07) is 13.9. The maximum absolute atomic E-state index is 9.84. The van der Waals surface area contributed by atoms with Gasteiger partial charge in [0.25, 0.3) is 0 Å². The molecule has 0 bridgehead atoms. The van der Waals surface area contributed by atoms with Crippen molar-refractivity contribution < 1.29 is 5.11 Å². The van der Waals surface area contributed by atoms with Crippen molar-refractivity contribution in [3.05, 3.63) is 48.0 Å². The van der Waals surface area contributed by atoms with Crippen LogP contribution < -0.4 is 0 Å². The highest BCUT2D eigenvalue weighted by Gasteiger charge is 2.07. The quantitative estimate of drug-likeness (QED) is 0.822. The topological polar surface area (TPSA) is 44.0 Å². The van der Waals surface area contributed by atoms with Crippen LogP contribution in [-0.4, -0.2) is 10.9 Å². The zero-order valence-electron chi connectivity index (χ0n) is 8.63. The van der Waals surface area contributed by atoms with Crippen LogP contribution in [-0.2, 0) is 0 Å². The van der Waals surface area contributed by atoms with Crippen LogP contribution >= 0.6 is 11.8 Å². The first-order chi connectivity index (χ1) is 7.81. The molecule has 16 heavy (non-hydrogen) atoms. The predicted octanol–water partition coefficient (Wildman–Crippen LogP) is 3.09. The Morgan fingerprint density at radius 3 is 2.69 bits per heavy atom. The lowest BCUT2D eigenvalue weighted by atomic mass is 10.0. The molecule has 3 heteroatoms. The van der Waals surface area contributed by atoms with Gasteiger partial charge in [-0.15, -0.1) is 0 Å². The molecule has 0 aromatic heterocycles. The molecular formula is C13H11NOS. The third kappa shape index (κ3) is 2.35. The molecule has 1 unspecified atom stereocenters. The summed E-state index contributed by atoms with van der Waals surface area (Å²) >= 11 is 1.07. The number of aliphatic hydroxyl groups excluding tert-OH is 1. The molecule has 1 N–H and O–H groups in total. The van der Waals surface area contributed by atoms with E-state index in [-0.39, 0.29) is 0 Å². The normalized spacial score (nSPS) is 12.2. The Bertz CT molecular complexity index is 533. The lowest BCUT2D eigenvalue weighted by Gasteiger charge is -2.09. The first kappa shape index (κ1) is 11.0. The van der Waals surface area contributed by atoms with E-state index in [1.165, 1.54) is 0 Å². The summed E-state index contributed by atoms with van der Waals surface area (Å²) in [6.07, 6.45) is -0.575. The van der Waals surface area contributed by atoms with Gasteiger partial charge in [-0.25, -0.2) is 0 Å². The number of thiocyanates is 1. The van der Waals surface area contributed by atoms with E-state index in [1.807, 2.05) is 47.9 Å². The van der Waals surface area contributed by atoms with Crippen LogP contribution in [0.1, 0.15) is 11.7 Å². The molecule has 0 spiro atoms. The van der Waals surface area contributed by atoms with E-state index in [2.05, 4.69) is 0 Å². The Kier molecular flexibility index (Phi) is 3.45. The highest BCUT2D eigenvalue weighted by molar-refractivity contribution is 8.03. The van der Waals surface area contributed by atoms with E-state index in [4.69, 9.17) is 5.26 Å². The Labute approximate surface area is 98.5 Å². The van der Waals surface area contributed by atoms with Gasteiger partial charge in [0.15, 0.2) is 0 Å². The zero-order chi connectivity index (χ0) is 11.4. The lowest BCUT2D eigenvalue weighted by Crippen LogP contribution is -1.99. The van der Waals surface area contributed by atoms with Crippen molar-refractivity contribution in [2.24, 2.45) is 0 Å². The molecule has 0 fully saturated rings. The Hall–Kier alpha value is -1.50. The summed E-state index contributed by atoms with van der Waals surface area (Å²) in [5, 5.41) is 22.5. The summed E-state index contributed by atoms with van der Waals surface area (Å²) in [5.74, 6) is 0.412. The van der Waals surface area contributed by atoms with Gasteiger partial charge in [0.1, 0.15) is 5.40 Å². The van der Waals surface area contributed by atoms with Gasteiger partial charge in [-0.1, -0.05) is 36.4 Å². The molecule has 0 saturated carbocycles. The first-order valence-electron chi connectivity index (χ1n) is 4.99. The molecule has 0 heterocycles. The van der Waals surface area contributed by atoms with Crippen LogP contribution in [0.2, 0.25) is 0 Å². The third-order valence-electron chi connectivity index (χ3n) is 2.46. The first-order valence-corrected chi connectivity index (χ1v) is 5.97. The molecule has 0 aliphatic heterocycles. The predicted molar refractivity (Wildman–Crippen MR) is 67.0 cm³/mol. The zero-order valence-corrected chi connectivity index (χ0v) is 9.45. The highest BCUT2D eigenvalue weighted by atomic mass is 32.2. The minimum absolute atomic E-state index is 0.412. The molecule has 2 aromatic rings. The molecule has 0 amide bonds. The molecule has 0 aliphatic rings. The fourth-order valence-corrected chi connectivity index (χ4v) is 2.05. The minimum Gasteiger partial charge on any atom is -0.388 e. The standard InChI is InChI=1S/C13H11NOS/c14-9-16-8-13(15)12-6-5-10-3-1-2-4-11(10)7-12/h1-7,13,15H,8H2. The summed E-state index contributed by atoms with van der Waals surface area (Å²) in [7, 11) is 0. The van der Waals surface area contributed by atoms with Crippen LogP contribution in [0, 0.1) is 10.7 Å². The summed E-state index contributed by atoms with van der Waals surface area (Å²) in [5.41, 5.74) is 0.862. The van der Waals surface area contributed by atoms with Crippen molar-refractivity contribution in [1.29, 1.82) is 5.26 Å². The van der Waals surface area contributed by atoms with Gasteiger partial charge >= 0.3 is 0 Å². The molecular weight excluding hydrogens is 218 g/mol. The van der Waals surface area contributed by atoms with Crippen molar-refractivity contribution in [3.8, 4) is 5.40 Å². The molecule has 0 radical (unpaired) electrons. The van der Waals surface area contributed by atoms with Crippen LogP contribution in [0.25, 0.3) is 10.8 Å². The number of thioether (sulfide) groups is 1. The second kappa shape index (κ2) is 5.02. The number of nitrogens with zero attached hydrogens (tertiary/aromatic N) is 1. The summed E-state index contributed by atoms with van der Waals surface area (Å²) in [4.78, 5) is 0. The van der Waals surface area contributed by atoms with E-state index in [0.29, 0.717) is 5.75 Å². The average Bonchev–Trinajstić information content (AvgIpc) is 2.35. The van der Waals surface area contributed by atoms with E-state index in [9.17, 15) is 5.11 Å². The van der Waals surface area contributed by atoms with Crippen molar-refractivity contribution >= 4 is 22.5 Å². The van der Waals surface area contributed by atoms with E-state index in [0.717, 1.165) is 28.1 Å². The van der Waals surface area contributed by atoms with Gasteiger partial charge in [0.2, 0.25) is 0 Å². The second-order valence-electron chi connectivity index (χ2n) is 3.52. The fourth-order valence-electron chi connectivity index (χ4n) is 1.63. The van der Waals surface area contributed by atoms with Crippen LogP contribution in [0.5, 0.6) is 0 Å². The van der Waals surface area contributed by atoms with Gasteiger partial charge in [0.05, 0.1) is 6.10 Å². The van der Waals surface area contributed by atoms with Gasteiger partial charge in [0, 0.05) is 5.75 Å². The number of benzene rings is 2. The van der Waals surface area contributed by atoms with Crippen molar-refractivity contribution in [2.45, 2.75) is 6.10 Å². The average molecular weight is 229 g/mol. The molecule has 0 saturated heterocycles. The molecule has 2 rings (SSSR count). The lowest BCUT2D eigenvalue weighted by molar-refractivity contribution is 0.204. The molecule has 0 aliphatic carbocycles. The van der Waals surface area contributed by atoms with Gasteiger partial charge in [-0.05, 0) is 34.2 Å². The van der Waals surface area contributed by atoms with E-state index >= 15 is 0 Å². The minimum atomic E-state index is -0.575. The van der Waals surface area contributed by atoms with Crippen molar-refractivity contribution in [1.82, 2.24) is 0 Å². The molecule has 2 aromatic carbocycles. The third-order valence-corrected chi connectivity index (χ3v) is 3.08. The van der Waals surface area contributed by atoms with E-state index < -0.39 is 6.10 Å². The monoisotopic (exact) mass is 229 g/mol. The van der Waals surface area contributed by atoms with Crippen molar-refractivity contribution in [3.63, 3.8) is 0 Å². The smallest absolute Gasteiger partial charge is 0.133 e. The van der Waals surface area contributed by atoms with Crippen molar-refractivity contribution in [2.75, 3.05) is 5.75 Å². The van der Waals surface area contributed by atoms with Crippen LogP contribution in [0.15, 0.2) is 42.5 Å². The largest absolute Gasteiger partial charge is 0.388 e. The SMILES string of the molecule is N#CSCC(O)c1ccc2ccccc2c1. The van der Waals surface area contributed by atoms with Gasteiger partial charge in [-0.3, -0.25) is 0 Å². The Morgan fingerprint density at radius 1 is 1.19 bits per heavy atom. The maximum atomic E-state index is 9.84. The van der Waals surface area contributed by atoms with Crippen LogP contribution in [0.3, 0.4) is 0 Å². The molecule has 2 nitrogen and oxygen atoms in total. The summed E-state index contributed by atoms with van der Waals surface area (Å²) in [6.45, 7) is 0. The molecule has 1 atom stereocenters. The number of fused-ring (bicyclic) bond motifs is 1. The second-order valence-corrected chi connectivity index (χ2v) is 4.33. The Balaban J connectivity index is 2.29. The summed E-state index contributed by atoms with van der Waals surface area (Å²) < 4.78 is 0. The highest BCUT2D eigenvalue weighted by Crippen LogP contribution is 2.22. The number of hydrogen-bond donors (Lipinski definition) is 1. The van der Waals surface area contributed by atoms with Gasteiger partial charge in [-0.2, -0.15) is 5.26 Å². The number of rotatable bonds is 3. The number of hydrogen-bond acceptors (Lipinski definition) is 3. The molecule has 80 valence electrons. The van der Waals surface area contributed by atoms with Gasteiger partial charge < -0.3 is 5.11 Å². The number of aliphatic hydroxyl groups is 1. The Morgan fingerprint density at radius 2 is 1.94 bits per heavy atom. The maximum Gasteiger partial charge on any atom is 0.133 e. The fraction of sp³-hybridized carbons (Fsp3) is 0.154. The van der Waals surface area contributed by atoms with Crippen LogP contribution in [0.4, 0.5) is 0 Å². The number of nitriles is 1. The van der Waals surface area contributed by atoms with E-state index in [1.54, 1.807) is 0 Å².